The molecule has 0 aromatic heterocycles. The van der Waals surface area contributed by atoms with E-state index in [-0.39, 0.29) is 29.8 Å². The van der Waals surface area contributed by atoms with Crippen LogP contribution in [0.1, 0.15) is 12.8 Å². The normalized spacial score (nSPS) is 16.0. The number of halogens is 1. The summed E-state index contributed by atoms with van der Waals surface area (Å²) in [6.07, 6.45) is 0.786. The quantitative estimate of drug-likeness (QED) is 0.704. The molecule has 5 nitrogen and oxygen atoms in total. The molecule has 150 valence electrons. The van der Waals surface area contributed by atoms with E-state index in [1.54, 1.807) is 0 Å². The number of hydrogen-bond acceptors (Lipinski definition) is 3. The molecule has 29 heavy (non-hydrogen) atoms. The molecule has 0 saturated carbocycles. The number of anilines is 1. The van der Waals surface area contributed by atoms with Gasteiger partial charge in [-0.25, -0.2) is 12.8 Å². The fraction of sp³-hybridized carbons (Fsp3) is 0.227. The van der Waals surface area contributed by atoms with E-state index >= 15 is 0 Å². The van der Waals surface area contributed by atoms with E-state index in [0.29, 0.717) is 12.8 Å². The van der Waals surface area contributed by atoms with Gasteiger partial charge in [0.25, 0.3) is 0 Å². The number of nitrogens with zero attached hydrogens (tertiary/aromatic N) is 1. The number of benzene rings is 3. The third kappa shape index (κ3) is 3.88. The third-order valence-corrected chi connectivity index (χ3v) is 7.26. The first-order valence-electron chi connectivity index (χ1n) is 9.50. The second kappa shape index (κ2) is 7.93. The van der Waals surface area contributed by atoms with Gasteiger partial charge in [-0.2, -0.15) is 4.31 Å². The molecule has 0 radical (unpaired) electrons. The topological polar surface area (TPSA) is 66.5 Å². The molecule has 1 fully saturated rings. The van der Waals surface area contributed by atoms with E-state index in [4.69, 9.17) is 0 Å². The molecule has 0 aliphatic carbocycles. The van der Waals surface area contributed by atoms with Crippen molar-refractivity contribution >= 4 is 32.4 Å². The second-order valence-electron chi connectivity index (χ2n) is 7.12. The van der Waals surface area contributed by atoms with Crippen molar-refractivity contribution in [2.45, 2.75) is 17.7 Å². The molecular formula is C22H21FN2O3S. The smallest absolute Gasteiger partial charge is 0.245 e. The highest BCUT2D eigenvalue weighted by Crippen LogP contribution is 2.28. The zero-order valence-corrected chi connectivity index (χ0v) is 16.5. The number of carbonyl (C=O) groups is 1. The molecule has 3 aromatic carbocycles. The monoisotopic (exact) mass is 412 g/mol. The van der Waals surface area contributed by atoms with Gasteiger partial charge in [0.15, 0.2) is 0 Å². The van der Waals surface area contributed by atoms with Gasteiger partial charge in [0, 0.05) is 30.1 Å². The van der Waals surface area contributed by atoms with E-state index in [1.165, 1.54) is 22.5 Å². The van der Waals surface area contributed by atoms with Gasteiger partial charge >= 0.3 is 0 Å². The average molecular weight is 412 g/mol. The number of nitrogens with one attached hydrogen (secondary N) is 1. The first-order valence-corrected chi connectivity index (χ1v) is 10.9. The average Bonchev–Trinajstić information content (AvgIpc) is 2.74. The maximum atomic E-state index is 13.9. The zero-order chi connectivity index (χ0) is 20.4. The molecule has 1 aliphatic heterocycles. The van der Waals surface area contributed by atoms with Crippen LogP contribution in [0.4, 0.5) is 10.1 Å². The highest BCUT2D eigenvalue weighted by Gasteiger charge is 2.33. The fourth-order valence-corrected chi connectivity index (χ4v) is 5.26. The number of piperidine rings is 1. The van der Waals surface area contributed by atoms with Crippen molar-refractivity contribution in [1.82, 2.24) is 4.31 Å². The van der Waals surface area contributed by atoms with E-state index in [1.807, 2.05) is 42.5 Å². The molecule has 3 aromatic rings. The molecule has 7 heteroatoms. The van der Waals surface area contributed by atoms with Crippen LogP contribution in [0.5, 0.6) is 0 Å². The molecule has 0 atom stereocenters. The Labute approximate surface area is 169 Å². The Balaban J connectivity index is 1.44. The van der Waals surface area contributed by atoms with E-state index < -0.39 is 15.8 Å². The minimum atomic E-state index is -3.90. The Morgan fingerprint density at radius 2 is 1.59 bits per heavy atom. The van der Waals surface area contributed by atoms with Crippen LogP contribution in [0.2, 0.25) is 0 Å². The predicted octanol–water partition coefficient (Wildman–Crippen LogP) is 4.02. The molecule has 1 amide bonds. The SMILES string of the molecule is O=C(Nc1cccc2ccccc12)C1CCN(S(=O)(=O)c2ccccc2F)CC1. The van der Waals surface area contributed by atoms with Gasteiger partial charge in [0.2, 0.25) is 15.9 Å². The first-order chi connectivity index (χ1) is 14.0. The standard InChI is InChI=1S/C22H21FN2O3S/c23-19-9-3-4-11-21(19)29(27,28)25-14-12-17(13-15-25)22(26)24-20-10-5-7-16-6-1-2-8-18(16)20/h1-11,17H,12-15H2,(H,24,26). The third-order valence-electron chi connectivity index (χ3n) is 5.33. The van der Waals surface area contributed by atoms with Gasteiger partial charge in [0.1, 0.15) is 10.7 Å². The summed E-state index contributed by atoms with van der Waals surface area (Å²) in [5.74, 6) is -1.17. The summed E-state index contributed by atoms with van der Waals surface area (Å²) in [7, 11) is -3.90. The minimum Gasteiger partial charge on any atom is -0.325 e. The Morgan fingerprint density at radius 3 is 2.34 bits per heavy atom. The maximum Gasteiger partial charge on any atom is 0.245 e. The maximum absolute atomic E-state index is 13.9. The largest absolute Gasteiger partial charge is 0.325 e. The summed E-state index contributed by atoms with van der Waals surface area (Å²) in [5.41, 5.74) is 0.745. The lowest BCUT2D eigenvalue weighted by molar-refractivity contribution is -0.120. The van der Waals surface area contributed by atoms with Crippen LogP contribution in [0, 0.1) is 11.7 Å². The molecule has 0 spiro atoms. The van der Waals surface area contributed by atoms with Crippen molar-refractivity contribution in [3.05, 3.63) is 72.5 Å². The summed E-state index contributed by atoms with van der Waals surface area (Å²) < 4.78 is 40.6. The van der Waals surface area contributed by atoms with Crippen LogP contribution < -0.4 is 5.32 Å². The van der Waals surface area contributed by atoms with Crippen LogP contribution in [-0.2, 0) is 14.8 Å². The molecule has 1 heterocycles. The molecule has 1 saturated heterocycles. The van der Waals surface area contributed by atoms with E-state index in [9.17, 15) is 17.6 Å². The number of hydrogen-bond donors (Lipinski definition) is 1. The number of fused-ring (bicyclic) bond motifs is 1. The molecule has 1 N–H and O–H groups in total. The molecule has 4 rings (SSSR count). The Morgan fingerprint density at radius 1 is 0.931 bits per heavy atom. The lowest BCUT2D eigenvalue weighted by Gasteiger charge is -2.30. The van der Waals surface area contributed by atoms with Crippen LogP contribution in [0.15, 0.2) is 71.6 Å². The Hall–Kier alpha value is -2.77. The number of sulfonamides is 1. The highest BCUT2D eigenvalue weighted by atomic mass is 32.2. The van der Waals surface area contributed by atoms with Crippen molar-refractivity contribution in [2.24, 2.45) is 5.92 Å². The minimum absolute atomic E-state index is 0.121. The fourth-order valence-electron chi connectivity index (χ4n) is 3.72. The van der Waals surface area contributed by atoms with Crippen molar-refractivity contribution in [1.29, 1.82) is 0 Å². The Kier molecular flexibility index (Phi) is 5.34. The van der Waals surface area contributed by atoms with Crippen LogP contribution >= 0.6 is 0 Å². The van der Waals surface area contributed by atoms with Crippen molar-refractivity contribution < 1.29 is 17.6 Å². The summed E-state index contributed by atoms with van der Waals surface area (Å²) in [6, 6.07) is 18.9. The second-order valence-corrected chi connectivity index (χ2v) is 9.03. The van der Waals surface area contributed by atoms with Gasteiger partial charge in [-0.05, 0) is 36.4 Å². The molecule has 0 unspecified atom stereocenters. The van der Waals surface area contributed by atoms with Gasteiger partial charge in [-0.1, -0.05) is 48.5 Å². The number of rotatable bonds is 4. The van der Waals surface area contributed by atoms with Crippen LogP contribution in [0.25, 0.3) is 10.8 Å². The number of carbonyl (C=O) groups excluding carboxylic acids is 1. The van der Waals surface area contributed by atoms with Gasteiger partial charge in [-0.3, -0.25) is 4.79 Å². The highest BCUT2D eigenvalue weighted by molar-refractivity contribution is 7.89. The molecule has 1 aliphatic rings. The summed E-state index contributed by atoms with van der Waals surface area (Å²) in [5, 5.41) is 4.98. The number of amides is 1. The lowest BCUT2D eigenvalue weighted by atomic mass is 9.97. The first kappa shape index (κ1) is 19.5. The van der Waals surface area contributed by atoms with Gasteiger partial charge in [-0.15, -0.1) is 0 Å². The van der Waals surface area contributed by atoms with Crippen molar-refractivity contribution in [3.63, 3.8) is 0 Å². The lowest BCUT2D eigenvalue weighted by Crippen LogP contribution is -2.41. The summed E-state index contributed by atoms with van der Waals surface area (Å²) in [4.78, 5) is 12.4. The van der Waals surface area contributed by atoms with Gasteiger partial charge in [0.05, 0.1) is 0 Å². The van der Waals surface area contributed by atoms with Crippen LogP contribution in [-0.4, -0.2) is 31.7 Å². The molecular weight excluding hydrogens is 391 g/mol. The summed E-state index contributed by atoms with van der Waals surface area (Å²) in [6.45, 7) is 0.370. The summed E-state index contributed by atoms with van der Waals surface area (Å²) >= 11 is 0. The van der Waals surface area contributed by atoms with E-state index in [2.05, 4.69) is 5.32 Å². The van der Waals surface area contributed by atoms with Crippen molar-refractivity contribution in [2.75, 3.05) is 18.4 Å². The van der Waals surface area contributed by atoms with Crippen LogP contribution in [0.3, 0.4) is 0 Å². The van der Waals surface area contributed by atoms with E-state index in [0.717, 1.165) is 22.5 Å². The molecule has 0 bridgehead atoms. The predicted molar refractivity (Wildman–Crippen MR) is 110 cm³/mol. The van der Waals surface area contributed by atoms with Crippen molar-refractivity contribution in [3.8, 4) is 0 Å². The van der Waals surface area contributed by atoms with Gasteiger partial charge < -0.3 is 5.32 Å². The Bertz CT molecular complexity index is 1150. The zero-order valence-electron chi connectivity index (χ0n) is 15.7.